The van der Waals surface area contributed by atoms with Gasteiger partial charge >= 0.3 is 0 Å². The largest absolute Gasteiger partial charge is 0.409 e. The summed E-state index contributed by atoms with van der Waals surface area (Å²) in [5.41, 5.74) is 12.2. The summed E-state index contributed by atoms with van der Waals surface area (Å²) in [5.74, 6) is 0.497. The third-order valence-electron chi connectivity index (χ3n) is 2.17. The number of nitrogens with zero attached hydrogens (tertiary/aromatic N) is 5. The van der Waals surface area contributed by atoms with E-state index in [1.807, 2.05) is 0 Å². The Morgan fingerprint density at radius 2 is 2.25 bits per heavy atom. The number of aryl methyl sites for hydroxylation is 1. The smallest absolute Gasteiger partial charge is 0.165 e. The number of aromatic nitrogens is 4. The van der Waals surface area contributed by atoms with E-state index in [2.05, 4.69) is 20.1 Å². The number of hydrogen-bond donors (Lipinski definition) is 3. The summed E-state index contributed by atoms with van der Waals surface area (Å²) >= 11 is 0. The average molecular weight is 221 g/mol. The van der Waals surface area contributed by atoms with Crippen LogP contribution in [0.25, 0.3) is 11.2 Å². The minimum atomic E-state index is 0.156. The Hall–Kier alpha value is -2.38. The lowest BCUT2D eigenvalue weighted by Gasteiger charge is -2.02. The third kappa shape index (κ3) is 1.72. The molecule has 0 bridgehead atoms. The van der Waals surface area contributed by atoms with Crippen LogP contribution in [0.5, 0.6) is 0 Å². The van der Waals surface area contributed by atoms with E-state index >= 15 is 0 Å². The average Bonchev–Trinajstić information content (AvgIpc) is 2.70. The molecule has 0 saturated heterocycles. The van der Waals surface area contributed by atoms with Crippen molar-refractivity contribution in [2.45, 2.75) is 13.0 Å². The Balaban J connectivity index is 2.29. The van der Waals surface area contributed by atoms with E-state index in [9.17, 15) is 0 Å². The van der Waals surface area contributed by atoms with E-state index in [0.29, 0.717) is 29.9 Å². The van der Waals surface area contributed by atoms with Crippen LogP contribution in [0.4, 0.5) is 5.82 Å². The molecule has 2 heterocycles. The van der Waals surface area contributed by atoms with Gasteiger partial charge in [0.15, 0.2) is 11.5 Å². The first kappa shape index (κ1) is 10.1. The van der Waals surface area contributed by atoms with Crippen molar-refractivity contribution in [3.05, 3.63) is 12.7 Å². The molecule has 0 amide bonds. The van der Waals surface area contributed by atoms with Crippen molar-refractivity contribution in [2.24, 2.45) is 10.9 Å². The van der Waals surface area contributed by atoms with Crippen LogP contribution in [0.15, 0.2) is 17.8 Å². The quantitative estimate of drug-likeness (QED) is 0.278. The summed E-state index contributed by atoms with van der Waals surface area (Å²) in [6.45, 7) is 0.517. The van der Waals surface area contributed by atoms with E-state index in [4.69, 9.17) is 16.7 Å². The number of nitrogen functional groups attached to an aromatic ring is 1. The molecule has 0 spiro atoms. The van der Waals surface area contributed by atoms with Crippen LogP contribution >= 0.6 is 0 Å². The second kappa shape index (κ2) is 4.01. The molecular weight excluding hydrogens is 210 g/mol. The van der Waals surface area contributed by atoms with Gasteiger partial charge in [-0.3, -0.25) is 0 Å². The molecule has 84 valence electrons. The molecule has 0 aliphatic rings. The van der Waals surface area contributed by atoms with Crippen LogP contribution in [0.1, 0.15) is 6.42 Å². The predicted octanol–water partition coefficient (Wildman–Crippen LogP) is -0.455. The topological polar surface area (TPSA) is 128 Å². The maximum Gasteiger partial charge on any atom is 0.165 e. The maximum atomic E-state index is 8.41. The lowest BCUT2D eigenvalue weighted by Crippen LogP contribution is -2.14. The second-order valence-corrected chi connectivity index (χ2v) is 3.21. The van der Waals surface area contributed by atoms with Gasteiger partial charge in [-0.1, -0.05) is 5.16 Å². The van der Waals surface area contributed by atoms with E-state index in [1.54, 1.807) is 10.9 Å². The molecule has 8 heteroatoms. The SMILES string of the molecule is NC(CCn1cnc2c(N)ncnc21)=NO. The summed E-state index contributed by atoms with van der Waals surface area (Å²) in [7, 11) is 0. The van der Waals surface area contributed by atoms with E-state index in [-0.39, 0.29) is 5.84 Å². The van der Waals surface area contributed by atoms with Gasteiger partial charge < -0.3 is 21.2 Å². The summed E-state index contributed by atoms with van der Waals surface area (Å²) in [6.07, 6.45) is 3.38. The van der Waals surface area contributed by atoms with Gasteiger partial charge in [-0.15, -0.1) is 0 Å². The Morgan fingerprint density at radius 1 is 1.44 bits per heavy atom. The summed E-state index contributed by atoms with van der Waals surface area (Å²) < 4.78 is 1.77. The number of hydrogen-bond acceptors (Lipinski definition) is 6. The molecular formula is C8H11N7O. The fraction of sp³-hybridized carbons (Fsp3) is 0.250. The molecule has 0 aromatic carbocycles. The van der Waals surface area contributed by atoms with Crippen molar-refractivity contribution in [1.82, 2.24) is 19.5 Å². The fourth-order valence-electron chi connectivity index (χ4n) is 1.35. The van der Waals surface area contributed by atoms with Gasteiger partial charge in [-0.2, -0.15) is 0 Å². The Kier molecular flexibility index (Phi) is 2.54. The van der Waals surface area contributed by atoms with Crippen molar-refractivity contribution in [1.29, 1.82) is 0 Å². The van der Waals surface area contributed by atoms with Crippen LogP contribution in [0.2, 0.25) is 0 Å². The molecule has 0 aliphatic heterocycles. The summed E-state index contributed by atoms with van der Waals surface area (Å²) in [6, 6.07) is 0. The standard InChI is InChI=1S/C8H11N7O/c9-5(14-16)1-2-15-4-13-6-7(10)11-3-12-8(6)15/h3-4,16H,1-2H2,(H2,9,14)(H2,10,11,12). The van der Waals surface area contributed by atoms with E-state index in [0.717, 1.165) is 0 Å². The van der Waals surface area contributed by atoms with Crippen molar-refractivity contribution in [2.75, 3.05) is 5.73 Å². The van der Waals surface area contributed by atoms with Crippen molar-refractivity contribution >= 4 is 22.8 Å². The van der Waals surface area contributed by atoms with Crippen LogP contribution in [-0.2, 0) is 6.54 Å². The molecule has 0 saturated carbocycles. The van der Waals surface area contributed by atoms with Gasteiger partial charge in [0.25, 0.3) is 0 Å². The molecule has 0 unspecified atom stereocenters. The number of imidazole rings is 1. The number of anilines is 1. The van der Waals surface area contributed by atoms with E-state index < -0.39 is 0 Å². The van der Waals surface area contributed by atoms with Gasteiger partial charge in [0.2, 0.25) is 0 Å². The van der Waals surface area contributed by atoms with Crippen LogP contribution in [0.3, 0.4) is 0 Å². The zero-order valence-electron chi connectivity index (χ0n) is 8.41. The first-order valence-corrected chi connectivity index (χ1v) is 4.60. The number of nitrogens with two attached hydrogens (primary N) is 2. The van der Waals surface area contributed by atoms with Crippen molar-refractivity contribution in [3.8, 4) is 0 Å². The molecule has 0 fully saturated rings. The Labute approximate surface area is 90.6 Å². The normalized spacial score (nSPS) is 12.1. The monoisotopic (exact) mass is 221 g/mol. The van der Waals surface area contributed by atoms with Crippen molar-refractivity contribution in [3.63, 3.8) is 0 Å². The predicted molar refractivity (Wildman–Crippen MR) is 57.8 cm³/mol. The molecule has 2 aromatic rings. The van der Waals surface area contributed by atoms with Gasteiger partial charge in [0.1, 0.15) is 17.7 Å². The highest BCUT2D eigenvalue weighted by molar-refractivity contribution is 5.82. The number of fused-ring (bicyclic) bond motifs is 1. The first-order valence-electron chi connectivity index (χ1n) is 4.60. The zero-order valence-corrected chi connectivity index (χ0v) is 8.41. The molecule has 8 nitrogen and oxygen atoms in total. The molecule has 0 radical (unpaired) electrons. The highest BCUT2D eigenvalue weighted by Gasteiger charge is 2.07. The first-order chi connectivity index (χ1) is 7.72. The van der Waals surface area contributed by atoms with Gasteiger partial charge in [-0.25, -0.2) is 15.0 Å². The van der Waals surface area contributed by atoms with Gasteiger partial charge in [0, 0.05) is 13.0 Å². The highest BCUT2D eigenvalue weighted by atomic mass is 16.4. The molecule has 0 atom stereocenters. The number of oxime groups is 1. The second-order valence-electron chi connectivity index (χ2n) is 3.21. The van der Waals surface area contributed by atoms with Crippen LogP contribution < -0.4 is 11.5 Å². The molecule has 0 aliphatic carbocycles. The number of rotatable bonds is 3. The van der Waals surface area contributed by atoms with Gasteiger partial charge in [-0.05, 0) is 0 Å². The number of amidine groups is 1. The molecule has 2 aromatic heterocycles. The minimum absolute atomic E-state index is 0.156. The highest BCUT2D eigenvalue weighted by Crippen LogP contribution is 2.14. The Morgan fingerprint density at radius 3 is 3.00 bits per heavy atom. The lowest BCUT2D eigenvalue weighted by atomic mass is 10.4. The fourth-order valence-corrected chi connectivity index (χ4v) is 1.35. The molecule has 16 heavy (non-hydrogen) atoms. The van der Waals surface area contributed by atoms with Gasteiger partial charge in [0.05, 0.1) is 6.33 Å². The minimum Gasteiger partial charge on any atom is -0.409 e. The summed E-state index contributed by atoms with van der Waals surface area (Å²) in [5, 5.41) is 11.3. The van der Waals surface area contributed by atoms with E-state index in [1.165, 1.54) is 6.33 Å². The lowest BCUT2D eigenvalue weighted by molar-refractivity contribution is 0.316. The zero-order chi connectivity index (χ0) is 11.5. The molecule has 2 rings (SSSR count). The Bertz CT molecular complexity index is 532. The summed E-state index contributed by atoms with van der Waals surface area (Å²) in [4.78, 5) is 12.0. The van der Waals surface area contributed by atoms with Crippen LogP contribution in [0, 0.1) is 0 Å². The maximum absolute atomic E-state index is 8.41. The van der Waals surface area contributed by atoms with Crippen molar-refractivity contribution < 1.29 is 5.21 Å². The van der Waals surface area contributed by atoms with Crippen LogP contribution in [-0.4, -0.2) is 30.6 Å². The third-order valence-corrected chi connectivity index (χ3v) is 2.17. The molecule has 5 N–H and O–H groups in total.